The van der Waals surface area contributed by atoms with Gasteiger partial charge in [0.25, 0.3) is 5.56 Å². The smallest absolute Gasteiger partial charge is 0.291 e. The van der Waals surface area contributed by atoms with E-state index in [9.17, 15) is 9.59 Å². The van der Waals surface area contributed by atoms with E-state index >= 15 is 0 Å². The van der Waals surface area contributed by atoms with Gasteiger partial charge in [-0.1, -0.05) is 13.8 Å². The minimum absolute atomic E-state index is 0.00658. The Morgan fingerprint density at radius 1 is 1.24 bits per heavy atom. The third-order valence-corrected chi connectivity index (χ3v) is 5.90. The van der Waals surface area contributed by atoms with Crippen molar-refractivity contribution in [3.8, 4) is 0 Å². The molecule has 2 unspecified atom stereocenters. The number of fused-ring (bicyclic) bond motifs is 3. The highest BCUT2D eigenvalue weighted by atomic mass is 32.1. The van der Waals surface area contributed by atoms with Crippen LogP contribution in [0, 0.1) is 18.8 Å². The van der Waals surface area contributed by atoms with Crippen molar-refractivity contribution in [3.63, 3.8) is 0 Å². The van der Waals surface area contributed by atoms with E-state index in [0.29, 0.717) is 17.4 Å². The van der Waals surface area contributed by atoms with Crippen LogP contribution in [0.5, 0.6) is 0 Å². The van der Waals surface area contributed by atoms with E-state index in [1.807, 2.05) is 22.3 Å². The summed E-state index contributed by atoms with van der Waals surface area (Å²) in [5.41, 5.74) is 1.36. The maximum Gasteiger partial charge on any atom is 0.291 e. The average molecular weight is 358 g/mol. The normalized spacial score (nSPS) is 21.3. The van der Waals surface area contributed by atoms with Gasteiger partial charge in [-0.05, 0) is 37.3 Å². The fraction of sp³-hybridized carbons (Fsp3) is 0.500. The van der Waals surface area contributed by atoms with Crippen LogP contribution in [0.4, 0.5) is 0 Å². The number of aromatic nitrogens is 3. The summed E-state index contributed by atoms with van der Waals surface area (Å²) in [5, 5.41) is 4.24. The van der Waals surface area contributed by atoms with Crippen LogP contribution in [-0.4, -0.2) is 38.1 Å². The third-order valence-electron chi connectivity index (χ3n) is 4.92. The Bertz CT molecular complexity index is 1010. The zero-order valence-electron chi connectivity index (χ0n) is 14.7. The Balaban J connectivity index is 1.64. The number of thiophene rings is 1. The molecule has 0 radical (unpaired) electrons. The number of hydrogen-bond donors (Lipinski definition) is 0. The molecule has 6 nitrogen and oxygen atoms in total. The summed E-state index contributed by atoms with van der Waals surface area (Å²) in [6.07, 6.45) is 2.79. The molecule has 0 spiro atoms. The van der Waals surface area contributed by atoms with E-state index in [1.54, 1.807) is 17.7 Å². The van der Waals surface area contributed by atoms with Crippen molar-refractivity contribution >= 4 is 33.0 Å². The van der Waals surface area contributed by atoms with Gasteiger partial charge in [-0.25, -0.2) is 4.68 Å². The monoisotopic (exact) mass is 358 g/mol. The molecule has 3 aromatic heterocycles. The number of rotatable bonds is 2. The molecule has 3 aromatic rings. The Morgan fingerprint density at radius 3 is 2.68 bits per heavy atom. The molecule has 0 saturated carbocycles. The topological polar surface area (TPSA) is 59.6 Å². The first-order valence-corrected chi connectivity index (χ1v) is 9.49. The lowest BCUT2D eigenvalue weighted by molar-refractivity contribution is -0.134. The Kier molecular flexibility index (Phi) is 3.91. The quantitative estimate of drug-likeness (QED) is 0.707. The zero-order valence-corrected chi connectivity index (χ0v) is 15.5. The number of carbonyl (C=O) groups is 1. The van der Waals surface area contributed by atoms with E-state index in [2.05, 4.69) is 25.0 Å². The maximum absolute atomic E-state index is 12.7. The van der Waals surface area contributed by atoms with Crippen LogP contribution in [-0.2, 0) is 11.3 Å². The molecule has 0 aliphatic carbocycles. The molecule has 1 amide bonds. The maximum atomic E-state index is 12.7. The fourth-order valence-corrected chi connectivity index (χ4v) is 4.88. The Hall–Kier alpha value is -2.15. The molecular weight excluding hydrogens is 336 g/mol. The minimum Gasteiger partial charge on any atom is -0.341 e. The van der Waals surface area contributed by atoms with E-state index in [1.165, 1.54) is 9.56 Å². The fourth-order valence-electron chi connectivity index (χ4n) is 3.93. The summed E-state index contributed by atoms with van der Waals surface area (Å²) >= 11 is 1.66. The first-order chi connectivity index (χ1) is 11.9. The van der Waals surface area contributed by atoms with Crippen LogP contribution >= 0.6 is 11.3 Å². The van der Waals surface area contributed by atoms with Gasteiger partial charge in [0, 0.05) is 18.0 Å². The molecule has 25 heavy (non-hydrogen) atoms. The first kappa shape index (κ1) is 16.3. The predicted molar refractivity (Wildman–Crippen MR) is 99.1 cm³/mol. The molecule has 4 heterocycles. The molecule has 1 aliphatic rings. The second-order valence-electron chi connectivity index (χ2n) is 7.34. The van der Waals surface area contributed by atoms with Crippen LogP contribution in [0.25, 0.3) is 15.7 Å². The van der Waals surface area contributed by atoms with Gasteiger partial charge in [-0.3, -0.25) is 14.0 Å². The summed E-state index contributed by atoms with van der Waals surface area (Å²) in [6, 6.07) is 3.95. The molecule has 4 rings (SSSR count). The van der Waals surface area contributed by atoms with Gasteiger partial charge in [0.05, 0.1) is 10.2 Å². The van der Waals surface area contributed by atoms with Gasteiger partial charge in [0.1, 0.15) is 18.4 Å². The Morgan fingerprint density at radius 2 is 1.96 bits per heavy atom. The predicted octanol–water partition coefficient (Wildman–Crippen LogP) is 2.52. The first-order valence-electron chi connectivity index (χ1n) is 8.67. The highest BCUT2D eigenvalue weighted by Gasteiger charge is 2.26. The van der Waals surface area contributed by atoms with E-state index in [-0.39, 0.29) is 18.0 Å². The van der Waals surface area contributed by atoms with Gasteiger partial charge in [0.15, 0.2) is 0 Å². The highest BCUT2D eigenvalue weighted by Crippen LogP contribution is 2.27. The number of aryl methyl sites for hydroxylation is 1. The van der Waals surface area contributed by atoms with Crippen LogP contribution in [0.15, 0.2) is 23.3 Å². The van der Waals surface area contributed by atoms with Crippen molar-refractivity contribution in [2.45, 2.75) is 33.7 Å². The second-order valence-corrected chi connectivity index (χ2v) is 8.63. The van der Waals surface area contributed by atoms with Crippen molar-refractivity contribution < 1.29 is 4.79 Å². The van der Waals surface area contributed by atoms with Crippen LogP contribution < -0.4 is 5.56 Å². The van der Waals surface area contributed by atoms with Crippen molar-refractivity contribution in [3.05, 3.63) is 33.7 Å². The molecule has 0 N–H and O–H groups in total. The van der Waals surface area contributed by atoms with Crippen molar-refractivity contribution in [2.75, 3.05) is 13.1 Å². The molecular formula is C18H22N4O2S. The largest absolute Gasteiger partial charge is 0.341 e. The summed E-state index contributed by atoms with van der Waals surface area (Å²) in [6.45, 7) is 7.92. The van der Waals surface area contributed by atoms with Crippen molar-refractivity contribution in [1.82, 2.24) is 19.1 Å². The van der Waals surface area contributed by atoms with E-state index in [0.717, 1.165) is 29.7 Å². The van der Waals surface area contributed by atoms with Gasteiger partial charge in [-0.15, -0.1) is 11.3 Å². The van der Waals surface area contributed by atoms with Crippen LogP contribution in [0.2, 0.25) is 0 Å². The molecule has 1 saturated heterocycles. The van der Waals surface area contributed by atoms with Gasteiger partial charge >= 0.3 is 0 Å². The number of likely N-dealkylation sites (tertiary alicyclic amines) is 1. The van der Waals surface area contributed by atoms with Crippen LogP contribution in [0.1, 0.15) is 25.1 Å². The SMILES string of the molecule is Cc1cc2c(cc3c(=O)n(CC(=O)N4CC(C)CC(C)C4)ncn32)s1. The summed E-state index contributed by atoms with van der Waals surface area (Å²) < 4.78 is 4.17. The molecule has 0 bridgehead atoms. The third kappa shape index (κ3) is 2.86. The van der Waals surface area contributed by atoms with Gasteiger partial charge in [-0.2, -0.15) is 5.10 Å². The molecule has 1 fully saturated rings. The molecule has 1 aliphatic heterocycles. The van der Waals surface area contributed by atoms with Crippen molar-refractivity contribution in [2.24, 2.45) is 11.8 Å². The summed E-state index contributed by atoms with van der Waals surface area (Å²) in [7, 11) is 0. The highest BCUT2D eigenvalue weighted by molar-refractivity contribution is 7.19. The molecule has 0 aromatic carbocycles. The molecule has 2 atom stereocenters. The summed E-state index contributed by atoms with van der Waals surface area (Å²) in [5.74, 6) is 0.975. The van der Waals surface area contributed by atoms with E-state index < -0.39 is 0 Å². The lowest BCUT2D eigenvalue weighted by Crippen LogP contribution is -2.45. The standard InChI is InChI=1S/C18H22N4O2S/c1-11-4-12(2)8-20(7-11)17(23)9-22-18(24)15-6-16-14(5-13(3)25-16)21(15)10-19-22/h5-6,10-12H,4,7-9H2,1-3H3. The molecule has 7 heteroatoms. The lowest BCUT2D eigenvalue weighted by atomic mass is 9.92. The number of hydrogen-bond acceptors (Lipinski definition) is 4. The van der Waals surface area contributed by atoms with Gasteiger partial charge in [0.2, 0.25) is 5.91 Å². The number of amides is 1. The average Bonchev–Trinajstić information content (AvgIpc) is 3.05. The minimum atomic E-state index is -0.213. The summed E-state index contributed by atoms with van der Waals surface area (Å²) in [4.78, 5) is 28.4. The Labute approximate surface area is 149 Å². The lowest BCUT2D eigenvalue weighted by Gasteiger charge is -2.35. The number of piperidine rings is 1. The number of nitrogens with zero attached hydrogens (tertiary/aromatic N) is 4. The van der Waals surface area contributed by atoms with Crippen molar-refractivity contribution in [1.29, 1.82) is 0 Å². The number of carbonyl (C=O) groups excluding carboxylic acids is 1. The van der Waals surface area contributed by atoms with Crippen LogP contribution in [0.3, 0.4) is 0 Å². The van der Waals surface area contributed by atoms with Gasteiger partial charge < -0.3 is 4.90 Å². The van der Waals surface area contributed by atoms with E-state index in [4.69, 9.17) is 0 Å². The molecule has 132 valence electrons. The zero-order chi connectivity index (χ0) is 17.7. The second kappa shape index (κ2) is 5.98.